The van der Waals surface area contributed by atoms with Crippen LogP contribution in [0.5, 0.6) is 0 Å². The lowest BCUT2D eigenvalue weighted by Crippen LogP contribution is -1.81. The molecule has 0 spiro atoms. The molecule has 0 amide bonds. The second-order valence-corrected chi connectivity index (χ2v) is 4.40. The Bertz CT molecular complexity index is 481. The average molecular weight is 240 g/mol. The molecule has 15 heavy (non-hydrogen) atoms. The molecule has 1 heterocycles. The molecule has 1 aromatic heterocycles. The van der Waals surface area contributed by atoms with Gasteiger partial charge in [0.15, 0.2) is 5.76 Å². The van der Waals surface area contributed by atoms with Gasteiger partial charge in [-0.3, -0.25) is 0 Å². The third-order valence-electron chi connectivity index (χ3n) is 2.07. The molecule has 2 nitrogen and oxygen atoms in total. The zero-order chi connectivity index (χ0) is 10.8. The van der Waals surface area contributed by atoms with Crippen molar-refractivity contribution in [2.45, 2.75) is 11.8 Å². The summed E-state index contributed by atoms with van der Waals surface area (Å²) < 4.78 is 5.23. The lowest BCUT2D eigenvalue weighted by molar-refractivity contribution is 0.426. The highest BCUT2D eigenvalue weighted by Gasteiger charge is 2.12. The maximum Gasteiger partial charge on any atom is 0.169 e. The van der Waals surface area contributed by atoms with Crippen molar-refractivity contribution in [3.63, 3.8) is 0 Å². The molecule has 1 aromatic carbocycles. The van der Waals surface area contributed by atoms with E-state index in [-0.39, 0.29) is 0 Å². The number of aryl methyl sites for hydroxylation is 1. The third-order valence-corrected chi connectivity index (χ3v) is 3.16. The Kier molecular flexibility index (Phi) is 3.03. The van der Waals surface area contributed by atoms with Crippen molar-refractivity contribution in [3.8, 4) is 11.3 Å². The molecule has 4 heteroatoms. The number of halogens is 1. The van der Waals surface area contributed by atoms with Crippen molar-refractivity contribution in [1.82, 2.24) is 5.16 Å². The van der Waals surface area contributed by atoms with Gasteiger partial charge in [0, 0.05) is 11.0 Å². The van der Waals surface area contributed by atoms with E-state index in [1.807, 2.05) is 37.4 Å². The molecule has 0 aliphatic carbocycles. The second-order valence-electron chi connectivity index (χ2n) is 3.15. The van der Waals surface area contributed by atoms with E-state index >= 15 is 0 Å². The number of hydrogen-bond acceptors (Lipinski definition) is 3. The van der Waals surface area contributed by atoms with Crippen LogP contribution in [-0.4, -0.2) is 11.4 Å². The first-order valence-electron chi connectivity index (χ1n) is 4.48. The fourth-order valence-electron chi connectivity index (χ4n) is 1.39. The second kappa shape index (κ2) is 4.29. The highest BCUT2D eigenvalue weighted by atomic mass is 35.5. The summed E-state index contributed by atoms with van der Waals surface area (Å²) in [6.45, 7) is 1.89. The maximum absolute atomic E-state index is 6.15. The van der Waals surface area contributed by atoms with Gasteiger partial charge < -0.3 is 4.52 Å². The quantitative estimate of drug-likeness (QED) is 0.741. The molecule has 0 saturated heterocycles. The molecule has 0 N–H and O–H groups in total. The number of hydrogen-bond donors (Lipinski definition) is 0. The Labute approximate surface area is 97.6 Å². The van der Waals surface area contributed by atoms with E-state index in [1.165, 1.54) is 0 Å². The molecule has 2 aromatic rings. The van der Waals surface area contributed by atoms with E-state index in [1.54, 1.807) is 11.8 Å². The molecule has 0 fully saturated rings. The molecule has 0 unspecified atom stereocenters. The van der Waals surface area contributed by atoms with Gasteiger partial charge in [0.25, 0.3) is 0 Å². The van der Waals surface area contributed by atoms with Crippen molar-refractivity contribution >= 4 is 23.4 Å². The summed E-state index contributed by atoms with van der Waals surface area (Å²) >= 11 is 7.79. The van der Waals surface area contributed by atoms with E-state index in [0.29, 0.717) is 5.02 Å². The minimum Gasteiger partial charge on any atom is -0.356 e. The maximum atomic E-state index is 6.15. The van der Waals surface area contributed by atoms with Crippen LogP contribution in [0.1, 0.15) is 5.69 Å². The summed E-state index contributed by atoms with van der Waals surface area (Å²) in [5.41, 5.74) is 1.78. The molecule has 0 saturated carbocycles. The smallest absolute Gasteiger partial charge is 0.169 e. The van der Waals surface area contributed by atoms with Crippen LogP contribution in [0.2, 0.25) is 5.02 Å². The molecule has 0 atom stereocenters. The van der Waals surface area contributed by atoms with E-state index in [9.17, 15) is 0 Å². The van der Waals surface area contributed by atoms with Crippen molar-refractivity contribution in [3.05, 3.63) is 35.0 Å². The van der Waals surface area contributed by atoms with Crippen molar-refractivity contribution in [2.75, 3.05) is 6.26 Å². The van der Waals surface area contributed by atoms with Crippen LogP contribution in [0.25, 0.3) is 11.3 Å². The highest BCUT2D eigenvalue weighted by Crippen LogP contribution is 2.36. The minimum atomic E-state index is 0.693. The molecular formula is C11H10ClNOS. The largest absolute Gasteiger partial charge is 0.356 e. The molecule has 0 aliphatic heterocycles. The zero-order valence-electron chi connectivity index (χ0n) is 8.45. The van der Waals surface area contributed by atoms with Crippen LogP contribution in [0, 0.1) is 6.92 Å². The number of nitrogens with zero attached hydrogens (tertiary/aromatic N) is 1. The van der Waals surface area contributed by atoms with Gasteiger partial charge in [0.1, 0.15) is 0 Å². The summed E-state index contributed by atoms with van der Waals surface area (Å²) in [6, 6.07) is 7.69. The van der Waals surface area contributed by atoms with Crippen LogP contribution in [0.4, 0.5) is 0 Å². The van der Waals surface area contributed by atoms with E-state index < -0.39 is 0 Å². The Morgan fingerprint density at radius 2 is 2.20 bits per heavy atom. The number of thioether (sulfide) groups is 1. The number of benzene rings is 1. The first kappa shape index (κ1) is 10.6. The van der Waals surface area contributed by atoms with Crippen LogP contribution in [-0.2, 0) is 0 Å². The highest BCUT2D eigenvalue weighted by molar-refractivity contribution is 7.98. The molecule has 0 radical (unpaired) electrons. The van der Waals surface area contributed by atoms with E-state index in [2.05, 4.69) is 5.16 Å². The topological polar surface area (TPSA) is 26.0 Å². The Morgan fingerprint density at radius 1 is 1.40 bits per heavy atom. The first-order valence-corrected chi connectivity index (χ1v) is 6.09. The van der Waals surface area contributed by atoms with Gasteiger partial charge in [-0.25, -0.2) is 0 Å². The van der Waals surface area contributed by atoms with E-state index in [4.69, 9.17) is 16.1 Å². The summed E-state index contributed by atoms with van der Waals surface area (Å²) in [6.07, 6.45) is 2.01. The van der Waals surface area contributed by atoms with E-state index in [0.717, 1.165) is 21.9 Å². The van der Waals surface area contributed by atoms with Gasteiger partial charge in [-0.15, -0.1) is 11.8 Å². The average Bonchev–Trinajstić information content (AvgIpc) is 2.64. The molecule has 0 aliphatic rings. The van der Waals surface area contributed by atoms with Crippen LogP contribution < -0.4 is 0 Å². The van der Waals surface area contributed by atoms with Gasteiger partial charge in [-0.1, -0.05) is 22.8 Å². The lowest BCUT2D eigenvalue weighted by atomic mass is 10.1. The van der Waals surface area contributed by atoms with Crippen LogP contribution in [0.3, 0.4) is 0 Å². The summed E-state index contributed by atoms with van der Waals surface area (Å²) in [5.74, 6) is 0.724. The predicted molar refractivity (Wildman–Crippen MR) is 63.5 cm³/mol. The number of aromatic nitrogens is 1. The molecule has 2 rings (SSSR count). The number of rotatable bonds is 2. The summed E-state index contributed by atoms with van der Waals surface area (Å²) in [4.78, 5) is 1.10. The zero-order valence-corrected chi connectivity index (χ0v) is 10.0. The van der Waals surface area contributed by atoms with Crippen molar-refractivity contribution in [1.29, 1.82) is 0 Å². The van der Waals surface area contributed by atoms with Gasteiger partial charge in [0.05, 0.1) is 16.3 Å². The Morgan fingerprint density at radius 3 is 2.80 bits per heavy atom. The Hall–Kier alpha value is -0.930. The fourth-order valence-corrected chi connectivity index (χ4v) is 2.35. The fraction of sp³-hybridized carbons (Fsp3) is 0.182. The summed E-state index contributed by atoms with van der Waals surface area (Å²) in [5, 5.41) is 4.56. The van der Waals surface area contributed by atoms with Crippen molar-refractivity contribution in [2.24, 2.45) is 0 Å². The minimum absolute atomic E-state index is 0.693. The SMILES string of the molecule is CSc1cccc(Cl)c1-c1cc(C)no1. The lowest BCUT2D eigenvalue weighted by Gasteiger charge is -2.05. The van der Waals surface area contributed by atoms with Gasteiger partial charge >= 0.3 is 0 Å². The normalized spacial score (nSPS) is 10.6. The van der Waals surface area contributed by atoms with Crippen LogP contribution in [0.15, 0.2) is 33.7 Å². The van der Waals surface area contributed by atoms with Gasteiger partial charge in [0.2, 0.25) is 0 Å². The molecular weight excluding hydrogens is 230 g/mol. The summed E-state index contributed by atoms with van der Waals surface area (Å²) in [7, 11) is 0. The third kappa shape index (κ3) is 2.03. The standard InChI is InChI=1S/C11H10ClNOS/c1-7-6-9(14-13-7)11-8(12)4-3-5-10(11)15-2/h3-6H,1-2H3. The van der Waals surface area contributed by atoms with Crippen molar-refractivity contribution < 1.29 is 4.52 Å². The first-order chi connectivity index (χ1) is 7.22. The van der Waals surface area contributed by atoms with Gasteiger partial charge in [-0.2, -0.15) is 0 Å². The Balaban J connectivity index is 2.60. The van der Waals surface area contributed by atoms with Crippen LogP contribution >= 0.6 is 23.4 Å². The monoisotopic (exact) mass is 239 g/mol. The predicted octanol–water partition coefficient (Wildman–Crippen LogP) is 4.03. The molecule has 78 valence electrons. The molecule has 0 bridgehead atoms. The van der Waals surface area contributed by atoms with Gasteiger partial charge in [-0.05, 0) is 25.3 Å².